The quantitative estimate of drug-likeness (QED) is 0.811. The number of hydrogen-bond acceptors (Lipinski definition) is 2. The van der Waals surface area contributed by atoms with Crippen molar-refractivity contribution in [1.82, 2.24) is 4.90 Å². The fourth-order valence-electron chi connectivity index (χ4n) is 2.26. The van der Waals surface area contributed by atoms with Crippen molar-refractivity contribution in [3.63, 3.8) is 0 Å². The van der Waals surface area contributed by atoms with Crippen molar-refractivity contribution in [2.75, 3.05) is 18.9 Å². The van der Waals surface area contributed by atoms with Crippen molar-refractivity contribution in [3.8, 4) is 0 Å². The normalized spacial score (nSPS) is 15.3. The minimum Gasteiger partial charge on any atom is -0.388 e. The molecule has 0 fully saturated rings. The molecule has 0 saturated heterocycles. The second-order valence-electron chi connectivity index (χ2n) is 4.26. The average molecular weight is 204 g/mol. The van der Waals surface area contributed by atoms with Crippen molar-refractivity contribution in [2.24, 2.45) is 0 Å². The van der Waals surface area contributed by atoms with Crippen LogP contribution in [0.4, 0.5) is 5.69 Å². The monoisotopic (exact) mass is 204 g/mol. The highest BCUT2D eigenvalue weighted by atomic mass is 15.1. The second kappa shape index (κ2) is 4.67. The first kappa shape index (κ1) is 10.5. The van der Waals surface area contributed by atoms with E-state index in [4.69, 9.17) is 0 Å². The van der Waals surface area contributed by atoms with Crippen LogP contribution < -0.4 is 5.32 Å². The molecule has 1 aromatic carbocycles. The predicted molar refractivity (Wildman–Crippen MR) is 65.0 cm³/mol. The Balaban J connectivity index is 2.09. The van der Waals surface area contributed by atoms with Crippen LogP contribution in [-0.2, 0) is 13.1 Å². The Labute approximate surface area is 92.3 Å². The maximum Gasteiger partial charge on any atom is 0.0386 e. The highest BCUT2D eigenvalue weighted by Crippen LogP contribution is 2.28. The van der Waals surface area contributed by atoms with Gasteiger partial charge < -0.3 is 5.32 Å². The molecule has 0 saturated carbocycles. The summed E-state index contributed by atoms with van der Waals surface area (Å²) in [6, 6.07) is 6.57. The number of benzene rings is 1. The third kappa shape index (κ3) is 2.15. The number of anilines is 1. The summed E-state index contributed by atoms with van der Waals surface area (Å²) in [5.41, 5.74) is 4.29. The summed E-state index contributed by atoms with van der Waals surface area (Å²) in [6.07, 6.45) is 2.59. The van der Waals surface area contributed by atoms with Crippen LogP contribution in [-0.4, -0.2) is 18.5 Å². The van der Waals surface area contributed by atoms with Gasteiger partial charge in [-0.15, -0.1) is 0 Å². The number of nitrogens with one attached hydrogen (secondary N) is 1. The third-order valence-corrected chi connectivity index (χ3v) is 3.15. The maximum atomic E-state index is 3.28. The lowest BCUT2D eigenvalue weighted by Gasteiger charge is -2.13. The van der Waals surface area contributed by atoms with E-state index in [1.54, 1.807) is 0 Å². The maximum absolute atomic E-state index is 3.28. The highest BCUT2D eigenvalue weighted by molar-refractivity contribution is 5.55. The summed E-state index contributed by atoms with van der Waals surface area (Å²) in [4.78, 5) is 2.54. The van der Waals surface area contributed by atoms with E-state index in [2.05, 4.69) is 35.3 Å². The van der Waals surface area contributed by atoms with Gasteiger partial charge >= 0.3 is 0 Å². The smallest absolute Gasteiger partial charge is 0.0386 e. The van der Waals surface area contributed by atoms with Gasteiger partial charge in [0.1, 0.15) is 0 Å². The van der Waals surface area contributed by atoms with Crippen LogP contribution in [0.3, 0.4) is 0 Å². The lowest BCUT2D eigenvalue weighted by atomic mass is 10.1. The molecule has 0 aliphatic carbocycles. The highest BCUT2D eigenvalue weighted by Gasteiger charge is 2.20. The van der Waals surface area contributed by atoms with Crippen LogP contribution in [0, 0.1) is 0 Å². The molecular weight excluding hydrogens is 184 g/mol. The van der Waals surface area contributed by atoms with E-state index in [0.29, 0.717) is 0 Å². The lowest BCUT2D eigenvalue weighted by Crippen LogP contribution is -2.17. The van der Waals surface area contributed by atoms with Gasteiger partial charge in [0.2, 0.25) is 0 Å². The SMILES string of the molecule is CCCCN1Cc2cccc(NC)c2C1. The molecule has 0 radical (unpaired) electrons. The van der Waals surface area contributed by atoms with Crippen molar-refractivity contribution in [2.45, 2.75) is 32.9 Å². The molecule has 2 rings (SSSR count). The van der Waals surface area contributed by atoms with Gasteiger partial charge in [-0.2, -0.15) is 0 Å². The van der Waals surface area contributed by atoms with Crippen LogP contribution in [0.15, 0.2) is 18.2 Å². The molecule has 2 nitrogen and oxygen atoms in total. The van der Waals surface area contributed by atoms with Gasteiger partial charge in [-0.1, -0.05) is 25.5 Å². The minimum absolute atomic E-state index is 1.12. The fraction of sp³-hybridized carbons (Fsp3) is 0.538. The van der Waals surface area contributed by atoms with E-state index in [1.165, 1.54) is 36.2 Å². The molecular formula is C13H20N2. The zero-order valence-electron chi connectivity index (χ0n) is 9.71. The Bertz CT molecular complexity index is 333. The summed E-state index contributed by atoms with van der Waals surface area (Å²) < 4.78 is 0. The number of unbranched alkanes of at least 4 members (excludes halogenated alkanes) is 1. The van der Waals surface area contributed by atoms with E-state index in [0.717, 1.165) is 13.1 Å². The van der Waals surface area contributed by atoms with Crippen molar-refractivity contribution < 1.29 is 0 Å². The first-order valence-electron chi connectivity index (χ1n) is 5.86. The minimum atomic E-state index is 1.12. The molecule has 1 heterocycles. The summed E-state index contributed by atoms with van der Waals surface area (Å²) in [5, 5.41) is 3.28. The molecule has 0 unspecified atom stereocenters. The molecule has 1 aliphatic heterocycles. The Morgan fingerprint density at radius 2 is 2.20 bits per heavy atom. The van der Waals surface area contributed by atoms with Gasteiger partial charge in [0.15, 0.2) is 0 Å². The first-order chi connectivity index (χ1) is 7.35. The lowest BCUT2D eigenvalue weighted by molar-refractivity contribution is 0.279. The van der Waals surface area contributed by atoms with Crippen molar-refractivity contribution in [3.05, 3.63) is 29.3 Å². The average Bonchev–Trinajstić information content (AvgIpc) is 2.68. The van der Waals surface area contributed by atoms with E-state index >= 15 is 0 Å². The molecule has 0 atom stereocenters. The van der Waals surface area contributed by atoms with E-state index in [1.807, 2.05) is 7.05 Å². The molecule has 2 heteroatoms. The van der Waals surface area contributed by atoms with Crippen molar-refractivity contribution >= 4 is 5.69 Å². The second-order valence-corrected chi connectivity index (χ2v) is 4.26. The van der Waals surface area contributed by atoms with Crippen LogP contribution in [0.5, 0.6) is 0 Å². The molecule has 15 heavy (non-hydrogen) atoms. The molecule has 82 valence electrons. The Morgan fingerprint density at radius 1 is 1.33 bits per heavy atom. The Kier molecular flexibility index (Phi) is 3.27. The molecule has 0 amide bonds. The topological polar surface area (TPSA) is 15.3 Å². The first-order valence-corrected chi connectivity index (χ1v) is 5.86. The van der Waals surface area contributed by atoms with Gasteiger partial charge in [0.25, 0.3) is 0 Å². The van der Waals surface area contributed by atoms with E-state index < -0.39 is 0 Å². The van der Waals surface area contributed by atoms with E-state index in [9.17, 15) is 0 Å². The number of rotatable bonds is 4. The standard InChI is InChI=1S/C13H20N2/c1-3-4-8-15-9-11-6-5-7-13(14-2)12(11)10-15/h5-7,14H,3-4,8-10H2,1-2H3. The summed E-state index contributed by atoms with van der Waals surface area (Å²) >= 11 is 0. The van der Waals surface area contributed by atoms with Gasteiger partial charge in [-0.3, -0.25) is 4.90 Å². The molecule has 1 aromatic rings. The zero-order valence-corrected chi connectivity index (χ0v) is 9.71. The summed E-state index contributed by atoms with van der Waals surface area (Å²) in [7, 11) is 2.00. The van der Waals surface area contributed by atoms with Crippen molar-refractivity contribution in [1.29, 1.82) is 0 Å². The van der Waals surface area contributed by atoms with Gasteiger partial charge in [0, 0.05) is 25.8 Å². The van der Waals surface area contributed by atoms with Gasteiger partial charge in [-0.05, 0) is 30.2 Å². The van der Waals surface area contributed by atoms with Crippen LogP contribution in [0.1, 0.15) is 30.9 Å². The fourth-order valence-corrected chi connectivity index (χ4v) is 2.26. The number of hydrogen-bond donors (Lipinski definition) is 1. The van der Waals surface area contributed by atoms with Crippen LogP contribution in [0.25, 0.3) is 0 Å². The summed E-state index contributed by atoms with van der Waals surface area (Å²) in [6.45, 7) is 5.73. The van der Waals surface area contributed by atoms with Crippen LogP contribution >= 0.6 is 0 Å². The molecule has 1 aliphatic rings. The van der Waals surface area contributed by atoms with Crippen LogP contribution in [0.2, 0.25) is 0 Å². The third-order valence-electron chi connectivity index (χ3n) is 3.15. The predicted octanol–water partition coefficient (Wildman–Crippen LogP) is 2.84. The molecule has 1 N–H and O–H groups in total. The largest absolute Gasteiger partial charge is 0.388 e. The number of fused-ring (bicyclic) bond motifs is 1. The zero-order chi connectivity index (χ0) is 10.7. The van der Waals surface area contributed by atoms with E-state index in [-0.39, 0.29) is 0 Å². The molecule has 0 bridgehead atoms. The number of nitrogens with zero attached hydrogens (tertiary/aromatic N) is 1. The van der Waals surface area contributed by atoms with Gasteiger partial charge in [0.05, 0.1) is 0 Å². The van der Waals surface area contributed by atoms with Gasteiger partial charge in [-0.25, -0.2) is 0 Å². The Morgan fingerprint density at radius 3 is 2.93 bits per heavy atom. The Hall–Kier alpha value is -1.02. The molecule has 0 aromatic heterocycles. The summed E-state index contributed by atoms with van der Waals surface area (Å²) in [5.74, 6) is 0. The molecule has 0 spiro atoms.